The number of fused-ring (bicyclic) bond motifs is 1. The Hall–Kier alpha value is -1.87. The number of nitrogens with zero attached hydrogens (tertiary/aromatic N) is 1. The van der Waals surface area contributed by atoms with Crippen LogP contribution in [0.5, 0.6) is 0 Å². The van der Waals surface area contributed by atoms with E-state index in [1.54, 1.807) is 0 Å². The van der Waals surface area contributed by atoms with Gasteiger partial charge < -0.3 is 9.47 Å². The van der Waals surface area contributed by atoms with E-state index in [0.29, 0.717) is 18.9 Å². The molecule has 0 radical (unpaired) electrons. The van der Waals surface area contributed by atoms with E-state index >= 15 is 0 Å². The van der Waals surface area contributed by atoms with E-state index in [1.807, 2.05) is 18.7 Å². The van der Waals surface area contributed by atoms with Gasteiger partial charge in [-0.1, -0.05) is 11.3 Å². The Morgan fingerprint density at radius 2 is 1.96 bits per heavy atom. The number of pyridine rings is 1. The minimum atomic E-state index is -4.53. The first kappa shape index (κ1) is 17.9. The maximum absolute atomic E-state index is 13.5. The number of hydrogen-bond acceptors (Lipinski definition) is 5. The highest BCUT2D eigenvalue weighted by molar-refractivity contribution is 7.20. The third-order valence-electron chi connectivity index (χ3n) is 4.00. The molecule has 25 heavy (non-hydrogen) atoms. The molecule has 9 heteroatoms. The van der Waals surface area contributed by atoms with Gasteiger partial charge in [-0.2, -0.15) is 13.2 Å². The number of thiophene rings is 1. The fourth-order valence-electron chi connectivity index (χ4n) is 3.03. The molecule has 0 saturated carbocycles. The predicted octanol–water partition coefficient (Wildman–Crippen LogP) is 3.13. The monoisotopic (exact) mass is 375 g/mol. The summed E-state index contributed by atoms with van der Waals surface area (Å²) in [5, 5.41) is -0.0315. The van der Waals surface area contributed by atoms with Crippen molar-refractivity contribution in [1.82, 2.24) is 0 Å². The fraction of sp³-hybridized carbons (Fsp3) is 0.500. The largest absolute Gasteiger partial charge is 0.465 e. The van der Waals surface area contributed by atoms with Gasteiger partial charge in [0.25, 0.3) is 5.82 Å². The lowest BCUT2D eigenvalue weighted by atomic mass is 10.1. The van der Waals surface area contributed by atoms with E-state index in [2.05, 4.69) is 9.72 Å². The zero-order valence-electron chi connectivity index (χ0n) is 13.9. The molecule has 1 fully saturated rings. The van der Waals surface area contributed by atoms with E-state index in [-0.39, 0.29) is 27.3 Å². The van der Waals surface area contributed by atoms with Gasteiger partial charge in [0, 0.05) is 11.5 Å². The second kappa shape index (κ2) is 6.45. The second-order valence-corrected chi connectivity index (χ2v) is 7.13. The van der Waals surface area contributed by atoms with Gasteiger partial charge in [0.2, 0.25) is 0 Å². The Labute approximate surface area is 146 Å². The van der Waals surface area contributed by atoms with Crippen molar-refractivity contribution < 1.29 is 32.4 Å². The topological polar surface area (TPSA) is 52.9 Å². The molecule has 3 rings (SSSR count). The number of ether oxygens (including phenoxy) is 2. The SMILES string of the molecule is COC(=O)c1cc2c(C(F)(F)F)cc(N3C[C@@H](C)O[C@H](C)C3)[nH+]c2s1. The quantitative estimate of drug-likeness (QED) is 0.757. The van der Waals surface area contributed by atoms with Gasteiger partial charge in [0.1, 0.15) is 18.0 Å². The van der Waals surface area contributed by atoms with Crippen LogP contribution in [0.15, 0.2) is 12.1 Å². The van der Waals surface area contributed by atoms with Crippen molar-refractivity contribution in [2.45, 2.75) is 32.2 Å². The maximum Gasteiger partial charge on any atom is 0.417 e. The van der Waals surface area contributed by atoms with Crippen LogP contribution in [-0.2, 0) is 15.7 Å². The number of morpholine rings is 1. The highest BCUT2D eigenvalue weighted by Crippen LogP contribution is 2.38. The molecule has 5 nitrogen and oxygen atoms in total. The number of hydrogen-bond donors (Lipinski definition) is 0. The summed E-state index contributed by atoms with van der Waals surface area (Å²) < 4.78 is 50.9. The molecule has 2 aromatic heterocycles. The van der Waals surface area contributed by atoms with Crippen molar-refractivity contribution in [3.8, 4) is 0 Å². The Balaban J connectivity index is 2.12. The van der Waals surface area contributed by atoms with Crippen molar-refractivity contribution in [2.24, 2.45) is 0 Å². The molecule has 1 aliphatic rings. The summed E-state index contributed by atoms with van der Waals surface area (Å²) in [5.74, 6) is -0.294. The molecule has 2 atom stereocenters. The summed E-state index contributed by atoms with van der Waals surface area (Å²) in [5.41, 5.74) is -0.769. The zero-order valence-corrected chi connectivity index (χ0v) is 14.8. The normalized spacial score (nSPS) is 21.6. The first-order valence-electron chi connectivity index (χ1n) is 7.75. The van der Waals surface area contributed by atoms with Crippen molar-refractivity contribution >= 4 is 33.3 Å². The molecule has 3 heterocycles. The molecule has 1 saturated heterocycles. The molecule has 0 spiro atoms. The van der Waals surface area contributed by atoms with E-state index < -0.39 is 17.7 Å². The van der Waals surface area contributed by atoms with Crippen molar-refractivity contribution in [1.29, 1.82) is 0 Å². The van der Waals surface area contributed by atoms with Gasteiger partial charge in [-0.3, -0.25) is 4.90 Å². The van der Waals surface area contributed by atoms with E-state index in [9.17, 15) is 18.0 Å². The zero-order chi connectivity index (χ0) is 18.4. The van der Waals surface area contributed by atoms with Crippen molar-refractivity contribution in [3.05, 3.63) is 22.6 Å². The number of carbonyl (C=O) groups is 1. The molecule has 0 amide bonds. The molecular formula is C16H18F3N2O3S+. The van der Waals surface area contributed by atoms with Crippen LogP contribution in [0.1, 0.15) is 29.1 Å². The van der Waals surface area contributed by atoms with Gasteiger partial charge in [0.15, 0.2) is 4.83 Å². The van der Waals surface area contributed by atoms with E-state index in [0.717, 1.165) is 17.4 Å². The number of carbonyl (C=O) groups excluding carboxylic acids is 1. The van der Waals surface area contributed by atoms with Gasteiger partial charge in [0.05, 0.1) is 24.9 Å². The summed E-state index contributed by atoms with van der Waals surface area (Å²) in [4.78, 5) is 17.0. The predicted molar refractivity (Wildman–Crippen MR) is 86.9 cm³/mol. The summed E-state index contributed by atoms with van der Waals surface area (Å²) in [6.45, 7) is 4.73. The number of H-pyrrole nitrogens is 1. The number of rotatable bonds is 2. The highest BCUT2D eigenvalue weighted by atomic mass is 32.1. The average Bonchev–Trinajstić information content (AvgIpc) is 2.95. The van der Waals surface area contributed by atoms with Crippen LogP contribution >= 0.6 is 11.3 Å². The number of halogens is 3. The minimum Gasteiger partial charge on any atom is -0.465 e. The lowest BCUT2D eigenvalue weighted by molar-refractivity contribution is -0.329. The van der Waals surface area contributed by atoms with Crippen LogP contribution in [0.4, 0.5) is 19.0 Å². The summed E-state index contributed by atoms with van der Waals surface area (Å²) in [6.07, 6.45) is -4.70. The standard InChI is InChI=1S/C16H17F3N2O3S/c1-8-6-21(7-9(2)24-8)13-5-11(16(17,18)19)10-4-12(15(22)23-3)25-14(10)20-13/h4-5,8-9H,6-7H2,1-3H3/p+1/t8-,9-/m1/s1. The third-order valence-corrected chi connectivity index (χ3v) is 5.03. The van der Waals surface area contributed by atoms with Crippen molar-refractivity contribution in [2.75, 3.05) is 25.1 Å². The molecule has 136 valence electrons. The minimum absolute atomic E-state index is 0.0315. The van der Waals surface area contributed by atoms with Crippen LogP contribution in [0.3, 0.4) is 0 Å². The lowest BCUT2D eigenvalue weighted by Gasteiger charge is -2.31. The van der Waals surface area contributed by atoms with Crippen LogP contribution in [-0.4, -0.2) is 38.4 Å². The van der Waals surface area contributed by atoms with Gasteiger partial charge >= 0.3 is 12.1 Å². The van der Waals surface area contributed by atoms with Crippen LogP contribution < -0.4 is 9.88 Å². The van der Waals surface area contributed by atoms with Crippen LogP contribution in [0.2, 0.25) is 0 Å². The average molecular weight is 375 g/mol. The number of alkyl halides is 3. The summed E-state index contributed by atoms with van der Waals surface area (Å²) in [6, 6.07) is 2.32. The molecule has 1 N–H and O–H groups in total. The number of esters is 1. The number of nitrogens with one attached hydrogen (secondary N) is 1. The Morgan fingerprint density at radius 1 is 1.32 bits per heavy atom. The molecule has 2 aromatic rings. The van der Waals surface area contributed by atoms with Crippen LogP contribution in [0, 0.1) is 0 Å². The Bertz CT molecular complexity index is 796. The molecule has 0 aromatic carbocycles. The van der Waals surface area contributed by atoms with E-state index in [1.165, 1.54) is 13.2 Å². The molecule has 0 aliphatic carbocycles. The van der Waals surface area contributed by atoms with E-state index in [4.69, 9.17) is 4.74 Å². The summed E-state index contributed by atoms with van der Waals surface area (Å²) in [7, 11) is 1.20. The molecule has 0 bridgehead atoms. The molecule has 1 aliphatic heterocycles. The second-order valence-electron chi connectivity index (χ2n) is 6.07. The molecular weight excluding hydrogens is 357 g/mol. The third kappa shape index (κ3) is 3.57. The maximum atomic E-state index is 13.5. The van der Waals surface area contributed by atoms with Crippen molar-refractivity contribution in [3.63, 3.8) is 0 Å². The Kier molecular flexibility index (Phi) is 4.63. The summed E-state index contributed by atoms with van der Waals surface area (Å²) >= 11 is 0.952. The van der Waals surface area contributed by atoms with Gasteiger partial charge in [-0.05, 0) is 19.9 Å². The smallest absolute Gasteiger partial charge is 0.417 e. The van der Waals surface area contributed by atoms with Crippen LogP contribution in [0.25, 0.3) is 10.2 Å². The molecule has 0 unspecified atom stereocenters. The number of aromatic nitrogens is 1. The first-order valence-corrected chi connectivity index (χ1v) is 8.56. The number of anilines is 1. The Morgan fingerprint density at radius 3 is 2.52 bits per heavy atom. The number of methoxy groups -OCH3 is 1. The lowest BCUT2D eigenvalue weighted by Crippen LogP contribution is -2.47. The van der Waals surface area contributed by atoms with Gasteiger partial charge in [-0.15, -0.1) is 0 Å². The number of aromatic amines is 1. The fourth-order valence-corrected chi connectivity index (χ4v) is 4.03. The first-order chi connectivity index (χ1) is 11.7. The highest BCUT2D eigenvalue weighted by Gasteiger charge is 2.38. The van der Waals surface area contributed by atoms with Gasteiger partial charge in [-0.25, -0.2) is 9.78 Å².